The molecule has 2 aliphatic rings. The average Bonchev–Trinajstić information content (AvgIpc) is 2.54. The van der Waals surface area contributed by atoms with E-state index in [9.17, 15) is 9.59 Å². The molecule has 1 fully saturated rings. The lowest BCUT2D eigenvalue weighted by Gasteiger charge is -2.35. The third-order valence-corrected chi connectivity index (χ3v) is 4.14. The average molecular weight is 317 g/mol. The molecule has 0 atom stereocenters. The van der Waals surface area contributed by atoms with Crippen molar-refractivity contribution in [2.45, 2.75) is 13.8 Å². The van der Waals surface area contributed by atoms with Crippen molar-refractivity contribution in [3.63, 3.8) is 0 Å². The molecule has 3 rings (SSSR count). The highest BCUT2D eigenvalue weighted by molar-refractivity contribution is 5.99. The second kappa shape index (κ2) is 6.58. The van der Waals surface area contributed by atoms with E-state index in [-0.39, 0.29) is 18.4 Å². The molecule has 0 saturated carbocycles. The van der Waals surface area contributed by atoms with Gasteiger partial charge in [-0.05, 0) is 24.1 Å². The maximum Gasteiger partial charge on any atom is 0.262 e. The summed E-state index contributed by atoms with van der Waals surface area (Å²) in [6.07, 6.45) is 0. The summed E-state index contributed by atoms with van der Waals surface area (Å²) in [5.41, 5.74) is 1.23. The maximum absolute atomic E-state index is 12.6. The smallest absolute Gasteiger partial charge is 0.262 e. The van der Waals surface area contributed by atoms with E-state index >= 15 is 0 Å². The lowest BCUT2D eigenvalue weighted by molar-refractivity contribution is -0.118. The number of carbonyl (C=O) groups excluding carboxylic acids is 2. The Bertz CT molecular complexity index is 607. The molecule has 2 aliphatic heterocycles. The van der Waals surface area contributed by atoms with Crippen LogP contribution in [0.4, 0.5) is 5.69 Å². The normalized spacial score (nSPS) is 18.4. The first-order chi connectivity index (χ1) is 11.0. The number of hydrogen-bond acceptors (Lipinski definition) is 4. The molecule has 23 heavy (non-hydrogen) atoms. The van der Waals surface area contributed by atoms with Gasteiger partial charge < -0.3 is 15.0 Å². The monoisotopic (exact) mass is 317 g/mol. The number of rotatable bonds is 3. The highest BCUT2D eigenvalue weighted by Crippen LogP contribution is 2.29. The van der Waals surface area contributed by atoms with Gasteiger partial charge in [0.05, 0.1) is 5.69 Å². The van der Waals surface area contributed by atoms with Crippen LogP contribution in [-0.2, 0) is 4.79 Å². The fourth-order valence-corrected chi connectivity index (χ4v) is 3.04. The molecule has 6 nitrogen and oxygen atoms in total. The summed E-state index contributed by atoms with van der Waals surface area (Å²) in [5, 5.41) is 2.73. The minimum absolute atomic E-state index is 0.00147. The number of hydrogen-bond donors (Lipinski definition) is 1. The minimum Gasteiger partial charge on any atom is -0.482 e. The van der Waals surface area contributed by atoms with E-state index in [1.807, 2.05) is 4.90 Å². The molecule has 1 N–H and O–H groups in total. The first-order valence-corrected chi connectivity index (χ1v) is 8.11. The van der Waals surface area contributed by atoms with Crippen LogP contribution in [0.5, 0.6) is 5.75 Å². The Kier molecular flexibility index (Phi) is 4.52. The number of anilines is 1. The topological polar surface area (TPSA) is 61.9 Å². The van der Waals surface area contributed by atoms with E-state index in [1.54, 1.807) is 18.2 Å². The van der Waals surface area contributed by atoms with Gasteiger partial charge in [-0.15, -0.1) is 0 Å². The van der Waals surface area contributed by atoms with Gasteiger partial charge in [-0.2, -0.15) is 0 Å². The van der Waals surface area contributed by atoms with E-state index in [1.165, 1.54) is 0 Å². The molecule has 0 radical (unpaired) electrons. The molecule has 1 saturated heterocycles. The van der Waals surface area contributed by atoms with Crippen molar-refractivity contribution < 1.29 is 14.3 Å². The van der Waals surface area contributed by atoms with E-state index in [4.69, 9.17) is 4.74 Å². The van der Waals surface area contributed by atoms with Gasteiger partial charge in [0.2, 0.25) is 0 Å². The zero-order valence-electron chi connectivity index (χ0n) is 13.7. The first-order valence-electron chi connectivity index (χ1n) is 8.11. The van der Waals surface area contributed by atoms with E-state index < -0.39 is 0 Å². The second-order valence-corrected chi connectivity index (χ2v) is 6.53. The summed E-state index contributed by atoms with van der Waals surface area (Å²) in [5.74, 6) is 1.06. The molecular weight excluding hydrogens is 294 g/mol. The zero-order valence-corrected chi connectivity index (χ0v) is 13.7. The van der Waals surface area contributed by atoms with Crippen molar-refractivity contribution in [2.24, 2.45) is 5.92 Å². The van der Waals surface area contributed by atoms with Crippen LogP contribution in [0, 0.1) is 5.92 Å². The number of fused-ring (bicyclic) bond motifs is 1. The van der Waals surface area contributed by atoms with Crippen molar-refractivity contribution in [1.29, 1.82) is 0 Å². The minimum atomic E-state index is -0.169. The lowest BCUT2D eigenvalue weighted by atomic mass is 10.1. The predicted molar refractivity (Wildman–Crippen MR) is 87.7 cm³/mol. The highest BCUT2D eigenvalue weighted by Gasteiger charge is 2.24. The first kappa shape index (κ1) is 15.8. The molecular formula is C17H23N3O3. The van der Waals surface area contributed by atoms with Crippen molar-refractivity contribution in [2.75, 3.05) is 44.6 Å². The van der Waals surface area contributed by atoms with Gasteiger partial charge >= 0.3 is 0 Å². The fraction of sp³-hybridized carbons (Fsp3) is 0.529. The molecule has 0 unspecified atom stereocenters. The SMILES string of the molecule is CC(C)CN1CCN(C(=O)c2ccc3c(c2)OCC(=O)N3)CC1. The standard InChI is InChI=1S/C17H23N3O3/c1-12(2)10-19-5-7-20(8-6-19)17(22)13-3-4-14-15(9-13)23-11-16(21)18-14/h3-4,9,12H,5-8,10-11H2,1-2H3,(H,18,21). The summed E-state index contributed by atoms with van der Waals surface area (Å²) in [4.78, 5) is 28.2. The van der Waals surface area contributed by atoms with Crippen molar-refractivity contribution in [1.82, 2.24) is 9.80 Å². The van der Waals surface area contributed by atoms with Gasteiger partial charge in [0.25, 0.3) is 11.8 Å². The Labute approximate surface area is 136 Å². The van der Waals surface area contributed by atoms with Crippen molar-refractivity contribution in [3.05, 3.63) is 23.8 Å². The van der Waals surface area contributed by atoms with Crippen LogP contribution in [-0.4, -0.2) is 60.9 Å². The van der Waals surface area contributed by atoms with Crippen molar-refractivity contribution >= 4 is 17.5 Å². The largest absolute Gasteiger partial charge is 0.482 e. The van der Waals surface area contributed by atoms with Crippen LogP contribution < -0.4 is 10.1 Å². The summed E-state index contributed by atoms with van der Waals surface area (Å²) < 4.78 is 5.38. The third kappa shape index (κ3) is 3.64. The number of nitrogens with zero attached hydrogens (tertiary/aromatic N) is 2. The van der Waals surface area contributed by atoms with Gasteiger partial charge in [-0.1, -0.05) is 13.8 Å². The zero-order chi connectivity index (χ0) is 16.4. The van der Waals surface area contributed by atoms with E-state index in [0.717, 1.165) is 32.7 Å². The molecule has 2 heterocycles. The van der Waals surface area contributed by atoms with Crippen LogP contribution in [0.1, 0.15) is 24.2 Å². The number of benzene rings is 1. The number of carbonyl (C=O) groups is 2. The number of amides is 2. The van der Waals surface area contributed by atoms with Crippen LogP contribution in [0.3, 0.4) is 0 Å². The molecule has 0 aromatic heterocycles. The Balaban J connectivity index is 1.64. The van der Waals surface area contributed by atoms with Gasteiger partial charge in [0.15, 0.2) is 6.61 Å². The molecule has 1 aromatic carbocycles. The fourth-order valence-electron chi connectivity index (χ4n) is 3.04. The predicted octanol–water partition coefficient (Wildman–Crippen LogP) is 1.43. The van der Waals surface area contributed by atoms with Crippen LogP contribution >= 0.6 is 0 Å². The Morgan fingerprint density at radius 1 is 1.26 bits per heavy atom. The van der Waals surface area contributed by atoms with Gasteiger partial charge in [-0.25, -0.2) is 0 Å². The van der Waals surface area contributed by atoms with Gasteiger partial charge in [0.1, 0.15) is 5.75 Å². The number of piperazine rings is 1. The Hall–Kier alpha value is -2.08. The Morgan fingerprint density at radius 3 is 2.70 bits per heavy atom. The molecule has 0 spiro atoms. The van der Waals surface area contributed by atoms with Gasteiger partial charge in [-0.3, -0.25) is 14.5 Å². The van der Waals surface area contributed by atoms with Gasteiger partial charge in [0, 0.05) is 38.3 Å². The van der Waals surface area contributed by atoms with E-state index in [0.29, 0.717) is 22.9 Å². The van der Waals surface area contributed by atoms with Crippen LogP contribution in [0.15, 0.2) is 18.2 Å². The third-order valence-electron chi connectivity index (χ3n) is 4.14. The summed E-state index contributed by atoms with van der Waals surface area (Å²) in [6, 6.07) is 5.20. The number of nitrogens with one attached hydrogen (secondary N) is 1. The molecule has 2 amide bonds. The Morgan fingerprint density at radius 2 is 2.00 bits per heavy atom. The highest BCUT2D eigenvalue weighted by atomic mass is 16.5. The summed E-state index contributed by atoms with van der Waals surface area (Å²) in [7, 11) is 0. The molecule has 1 aromatic rings. The molecule has 0 aliphatic carbocycles. The van der Waals surface area contributed by atoms with Crippen LogP contribution in [0.2, 0.25) is 0 Å². The molecule has 124 valence electrons. The van der Waals surface area contributed by atoms with Crippen LogP contribution in [0.25, 0.3) is 0 Å². The maximum atomic E-state index is 12.6. The van der Waals surface area contributed by atoms with E-state index in [2.05, 4.69) is 24.1 Å². The lowest BCUT2D eigenvalue weighted by Crippen LogP contribution is -2.49. The number of ether oxygens (including phenoxy) is 1. The molecule has 6 heteroatoms. The second-order valence-electron chi connectivity index (χ2n) is 6.53. The quantitative estimate of drug-likeness (QED) is 0.916. The summed E-state index contributed by atoms with van der Waals surface area (Å²) in [6.45, 7) is 8.84. The summed E-state index contributed by atoms with van der Waals surface area (Å²) >= 11 is 0. The molecule has 0 bridgehead atoms. The van der Waals surface area contributed by atoms with Crippen molar-refractivity contribution in [3.8, 4) is 5.75 Å².